The van der Waals surface area contributed by atoms with Gasteiger partial charge in [-0.05, 0) is 68.8 Å². The van der Waals surface area contributed by atoms with Crippen molar-refractivity contribution >= 4 is 28.8 Å². The number of rotatable bonds is 6. The standard InChI is InChI=1S/C30H30N6O3/c1-19-16-25(21(3)32-26-7-5-4-6-24(26)30(38)39)28-33-27(20(2)29(37)36(28)18-19)35-14-12-34(13-15-35)23-10-8-22(17-31)9-11-23/h4-11,16,18,21,32H,12-15H2,1-3H3,(H,38,39). The van der Waals surface area contributed by atoms with Crippen LogP contribution in [0, 0.1) is 25.2 Å². The Morgan fingerprint density at radius 1 is 1.05 bits per heavy atom. The second-order valence-corrected chi connectivity index (χ2v) is 9.88. The number of carbonyl (C=O) groups is 1. The third-order valence-electron chi connectivity index (χ3n) is 7.23. The number of para-hydroxylation sites is 1. The van der Waals surface area contributed by atoms with Crippen LogP contribution in [0.1, 0.15) is 45.6 Å². The number of nitrogens with zero attached hydrogens (tertiary/aromatic N) is 5. The molecule has 1 aliphatic rings. The molecule has 2 aromatic heterocycles. The van der Waals surface area contributed by atoms with Gasteiger partial charge in [0.25, 0.3) is 5.56 Å². The Morgan fingerprint density at radius 2 is 1.72 bits per heavy atom. The number of nitrogens with one attached hydrogen (secondary N) is 1. The van der Waals surface area contributed by atoms with Crippen LogP contribution in [0.3, 0.4) is 0 Å². The number of piperazine rings is 1. The minimum Gasteiger partial charge on any atom is -0.478 e. The number of aromatic carboxylic acids is 1. The number of benzene rings is 2. The summed E-state index contributed by atoms with van der Waals surface area (Å²) in [5.74, 6) is -0.338. The summed E-state index contributed by atoms with van der Waals surface area (Å²) in [5, 5.41) is 22.0. The summed E-state index contributed by atoms with van der Waals surface area (Å²) in [5.41, 5.74) is 5.13. The molecule has 39 heavy (non-hydrogen) atoms. The molecule has 3 heterocycles. The Hall–Kier alpha value is -4.84. The fourth-order valence-corrected chi connectivity index (χ4v) is 5.14. The molecule has 9 nitrogen and oxygen atoms in total. The predicted octanol–water partition coefficient (Wildman–Crippen LogP) is 4.38. The molecule has 4 aromatic rings. The average molecular weight is 523 g/mol. The number of hydrogen-bond donors (Lipinski definition) is 2. The highest BCUT2D eigenvalue weighted by Crippen LogP contribution is 2.28. The van der Waals surface area contributed by atoms with Gasteiger partial charge in [0.15, 0.2) is 0 Å². The first-order chi connectivity index (χ1) is 18.8. The van der Waals surface area contributed by atoms with E-state index in [2.05, 4.69) is 21.2 Å². The largest absolute Gasteiger partial charge is 0.478 e. The van der Waals surface area contributed by atoms with Crippen molar-refractivity contribution in [2.24, 2.45) is 0 Å². The first kappa shape index (κ1) is 25.8. The SMILES string of the molecule is Cc1cc(C(C)Nc2ccccc2C(=O)O)c2nc(N3CCN(c4ccc(C#N)cc4)CC3)c(C)c(=O)n2c1. The number of aromatic nitrogens is 2. The van der Waals surface area contributed by atoms with Crippen LogP contribution in [-0.2, 0) is 0 Å². The van der Waals surface area contributed by atoms with E-state index in [1.54, 1.807) is 34.9 Å². The molecule has 1 saturated heterocycles. The van der Waals surface area contributed by atoms with Crippen molar-refractivity contribution in [1.29, 1.82) is 5.26 Å². The van der Waals surface area contributed by atoms with Crippen LogP contribution in [0.25, 0.3) is 5.65 Å². The Morgan fingerprint density at radius 3 is 2.38 bits per heavy atom. The summed E-state index contributed by atoms with van der Waals surface area (Å²) in [4.78, 5) is 34.7. The Bertz CT molecular complexity index is 1650. The van der Waals surface area contributed by atoms with Crippen LogP contribution >= 0.6 is 0 Å². The van der Waals surface area contributed by atoms with Crippen LogP contribution in [0.5, 0.6) is 0 Å². The van der Waals surface area contributed by atoms with Crippen LogP contribution < -0.4 is 20.7 Å². The lowest BCUT2D eigenvalue weighted by molar-refractivity contribution is 0.0698. The van der Waals surface area contributed by atoms with E-state index in [0.29, 0.717) is 41.4 Å². The highest BCUT2D eigenvalue weighted by atomic mass is 16.4. The van der Waals surface area contributed by atoms with Gasteiger partial charge in [-0.15, -0.1) is 0 Å². The van der Waals surface area contributed by atoms with E-state index in [1.165, 1.54) is 0 Å². The van der Waals surface area contributed by atoms with Gasteiger partial charge in [0, 0.05) is 49.3 Å². The molecule has 0 saturated carbocycles. The molecule has 0 amide bonds. The van der Waals surface area contributed by atoms with Gasteiger partial charge in [-0.3, -0.25) is 9.20 Å². The van der Waals surface area contributed by atoms with Crippen LogP contribution in [-0.4, -0.2) is 46.6 Å². The van der Waals surface area contributed by atoms with E-state index in [0.717, 1.165) is 29.9 Å². The fraction of sp³-hybridized carbons (Fsp3) is 0.267. The monoisotopic (exact) mass is 522 g/mol. The second kappa shape index (κ2) is 10.5. The second-order valence-electron chi connectivity index (χ2n) is 9.88. The molecule has 1 aliphatic heterocycles. The molecular formula is C30H30N6O3. The number of fused-ring (bicyclic) bond motifs is 1. The van der Waals surface area contributed by atoms with Gasteiger partial charge in [0.2, 0.25) is 0 Å². The first-order valence-electron chi connectivity index (χ1n) is 12.9. The summed E-state index contributed by atoms with van der Waals surface area (Å²) in [7, 11) is 0. The number of hydrogen-bond acceptors (Lipinski definition) is 7. The van der Waals surface area contributed by atoms with Gasteiger partial charge in [-0.2, -0.15) is 5.26 Å². The minimum absolute atomic E-state index is 0.118. The molecule has 1 unspecified atom stereocenters. The Labute approximate surface area is 226 Å². The normalized spacial score (nSPS) is 14.2. The smallest absolute Gasteiger partial charge is 0.337 e. The number of pyridine rings is 1. The zero-order chi connectivity index (χ0) is 27.7. The molecule has 5 rings (SSSR count). The zero-order valence-electron chi connectivity index (χ0n) is 22.2. The van der Waals surface area contributed by atoms with Gasteiger partial charge in [-0.1, -0.05) is 12.1 Å². The number of nitriles is 1. The fourth-order valence-electron chi connectivity index (χ4n) is 5.14. The molecule has 0 bridgehead atoms. The lowest BCUT2D eigenvalue weighted by Crippen LogP contribution is -2.47. The molecule has 0 spiro atoms. The van der Waals surface area contributed by atoms with E-state index in [9.17, 15) is 14.7 Å². The van der Waals surface area contributed by atoms with E-state index in [1.807, 2.05) is 51.1 Å². The van der Waals surface area contributed by atoms with E-state index >= 15 is 0 Å². The topological polar surface area (TPSA) is 114 Å². The van der Waals surface area contributed by atoms with Crippen LogP contribution in [0.2, 0.25) is 0 Å². The Kier molecular flexibility index (Phi) is 6.94. The van der Waals surface area contributed by atoms with E-state index < -0.39 is 5.97 Å². The molecule has 0 radical (unpaired) electrons. The highest BCUT2D eigenvalue weighted by Gasteiger charge is 2.24. The van der Waals surface area contributed by atoms with Crippen molar-refractivity contribution in [3.63, 3.8) is 0 Å². The molecule has 0 aliphatic carbocycles. The van der Waals surface area contributed by atoms with Gasteiger partial charge in [0.1, 0.15) is 11.5 Å². The summed E-state index contributed by atoms with van der Waals surface area (Å²) in [6.45, 7) is 8.61. The molecule has 198 valence electrons. The third-order valence-corrected chi connectivity index (χ3v) is 7.23. The molecule has 9 heteroatoms. The molecule has 2 N–H and O–H groups in total. The summed E-state index contributed by atoms with van der Waals surface area (Å²) in [6.07, 6.45) is 1.80. The van der Waals surface area contributed by atoms with Gasteiger partial charge < -0.3 is 20.2 Å². The van der Waals surface area contributed by atoms with Crippen molar-refractivity contribution in [1.82, 2.24) is 9.38 Å². The van der Waals surface area contributed by atoms with Crippen molar-refractivity contribution in [3.8, 4) is 6.07 Å². The molecular weight excluding hydrogens is 492 g/mol. The minimum atomic E-state index is -1.01. The van der Waals surface area contributed by atoms with E-state index in [-0.39, 0.29) is 17.2 Å². The van der Waals surface area contributed by atoms with Gasteiger partial charge in [-0.25, -0.2) is 9.78 Å². The highest BCUT2D eigenvalue weighted by molar-refractivity contribution is 5.94. The van der Waals surface area contributed by atoms with Crippen molar-refractivity contribution in [2.45, 2.75) is 26.8 Å². The Balaban J connectivity index is 1.47. The quantitative estimate of drug-likeness (QED) is 0.384. The maximum atomic E-state index is 13.5. The van der Waals surface area contributed by atoms with Crippen molar-refractivity contribution in [2.75, 3.05) is 41.3 Å². The van der Waals surface area contributed by atoms with Crippen LogP contribution in [0.15, 0.2) is 65.6 Å². The summed E-state index contributed by atoms with van der Waals surface area (Å²) in [6, 6.07) is 18.2. The predicted molar refractivity (Wildman–Crippen MR) is 152 cm³/mol. The van der Waals surface area contributed by atoms with Crippen LogP contribution in [0.4, 0.5) is 17.2 Å². The number of anilines is 3. The van der Waals surface area contributed by atoms with Gasteiger partial charge in [0.05, 0.1) is 28.8 Å². The first-order valence-corrected chi connectivity index (χ1v) is 12.9. The number of carboxylic acids is 1. The zero-order valence-corrected chi connectivity index (χ0v) is 22.2. The lowest BCUT2D eigenvalue weighted by atomic mass is 10.1. The van der Waals surface area contributed by atoms with Crippen molar-refractivity contribution < 1.29 is 9.90 Å². The maximum absolute atomic E-state index is 13.5. The third kappa shape index (κ3) is 5.01. The van der Waals surface area contributed by atoms with E-state index in [4.69, 9.17) is 10.2 Å². The summed E-state index contributed by atoms with van der Waals surface area (Å²) >= 11 is 0. The average Bonchev–Trinajstić information content (AvgIpc) is 2.95. The number of carboxylic acid groups (broad SMARTS) is 1. The maximum Gasteiger partial charge on any atom is 0.337 e. The molecule has 2 aromatic carbocycles. The molecule has 1 fully saturated rings. The number of aryl methyl sites for hydroxylation is 1. The summed E-state index contributed by atoms with van der Waals surface area (Å²) < 4.78 is 1.60. The lowest BCUT2D eigenvalue weighted by Gasteiger charge is -2.37. The van der Waals surface area contributed by atoms with Gasteiger partial charge >= 0.3 is 5.97 Å². The molecule has 1 atom stereocenters. The van der Waals surface area contributed by atoms with Crippen molar-refractivity contribution in [3.05, 3.63) is 99.0 Å².